The van der Waals surface area contributed by atoms with Crippen LogP contribution in [0.15, 0.2) is 0 Å². The summed E-state index contributed by atoms with van der Waals surface area (Å²) in [7, 11) is 2.67. The predicted molar refractivity (Wildman–Crippen MR) is 163 cm³/mol. The lowest BCUT2D eigenvalue weighted by molar-refractivity contribution is -0.314. The van der Waals surface area contributed by atoms with Crippen molar-refractivity contribution in [2.75, 3.05) is 47.2 Å². The van der Waals surface area contributed by atoms with Crippen LogP contribution in [-0.4, -0.2) is 202 Å². The topological polar surface area (TPSA) is 351 Å². The normalized spacial score (nSPS) is 40.3. The molecule has 4 rings (SSSR count). The van der Waals surface area contributed by atoms with Gasteiger partial charge in [0.2, 0.25) is 17.7 Å². The van der Waals surface area contributed by atoms with Gasteiger partial charge in [0.05, 0.1) is 26.4 Å². The second kappa shape index (κ2) is 19.0. The molecule has 0 spiro atoms. The summed E-state index contributed by atoms with van der Waals surface area (Å²) < 4.78 is 31.1. The van der Waals surface area contributed by atoms with E-state index in [0.29, 0.717) is 0 Å². The molecule has 4 aliphatic heterocycles. The number of aliphatic hydroxyl groups excluding tert-OH is 9. The maximum absolute atomic E-state index is 11.0. The molecule has 4 heterocycles. The van der Waals surface area contributed by atoms with Gasteiger partial charge in [0.25, 0.3) is 0 Å². The SMILES string of the molecule is CC(=O)N[C@H]1[C@H]2OC[C@](CO)(O2)[C@H](O)[C@@H]1O.CO[C@H]1OC(CO)(CO)[C@H](O)[C@H](O)[C@H]1NC(C)=O.CO[C@H]1O[C@H](CN)[C@H](O)[C@H](O)[C@H]1NC(C)=O. The third-order valence-electron chi connectivity index (χ3n) is 8.55. The highest BCUT2D eigenvalue weighted by Crippen LogP contribution is 2.36. The fraction of sp³-hybridized carbons (Fsp3) is 0.893. The highest BCUT2D eigenvalue weighted by atomic mass is 16.7. The fourth-order valence-corrected chi connectivity index (χ4v) is 5.74. The van der Waals surface area contributed by atoms with Gasteiger partial charge in [-0.15, -0.1) is 0 Å². The van der Waals surface area contributed by atoms with Gasteiger partial charge in [0, 0.05) is 41.5 Å². The minimum atomic E-state index is -1.73. The number of amides is 3. The van der Waals surface area contributed by atoms with Gasteiger partial charge in [-0.2, -0.15) is 0 Å². The second-order valence-electron chi connectivity index (χ2n) is 12.2. The molecule has 4 aliphatic rings. The van der Waals surface area contributed by atoms with Crippen LogP contribution in [0.1, 0.15) is 20.8 Å². The predicted octanol–water partition coefficient (Wildman–Crippen LogP) is -8.19. The van der Waals surface area contributed by atoms with Crippen molar-refractivity contribution in [1.82, 2.24) is 16.0 Å². The molecule has 292 valence electrons. The van der Waals surface area contributed by atoms with E-state index in [1.54, 1.807) is 0 Å². The molecule has 0 aromatic heterocycles. The highest BCUT2D eigenvalue weighted by molar-refractivity contribution is 5.74. The minimum Gasteiger partial charge on any atom is -0.393 e. The zero-order chi connectivity index (χ0) is 38.1. The summed E-state index contributed by atoms with van der Waals surface area (Å²) in [6, 6.07) is -2.62. The lowest BCUT2D eigenvalue weighted by Crippen LogP contribution is -2.70. The van der Waals surface area contributed by atoms with Gasteiger partial charge in [-0.3, -0.25) is 14.4 Å². The lowest BCUT2D eigenvalue weighted by Gasteiger charge is -2.48. The average Bonchev–Trinajstić information content (AvgIpc) is 3.50. The molecule has 3 amide bonds. The van der Waals surface area contributed by atoms with Crippen molar-refractivity contribution in [2.45, 2.75) is 112 Å². The monoisotopic (exact) mass is 732 g/mol. The molecule has 14 atom stereocenters. The van der Waals surface area contributed by atoms with Gasteiger partial charge in [-0.25, -0.2) is 0 Å². The van der Waals surface area contributed by atoms with Crippen LogP contribution in [0.25, 0.3) is 0 Å². The fourth-order valence-electron chi connectivity index (χ4n) is 5.74. The molecule has 0 radical (unpaired) electrons. The van der Waals surface area contributed by atoms with E-state index >= 15 is 0 Å². The Kier molecular flexibility index (Phi) is 16.7. The number of nitrogens with one attached hydrogen (secondary N) is 3. The van der Waals surface area contributed by atoms with Crippen LogP contribution in [0.3, 0.4) is 0 Å². The first-order valence-electron chi connectivity index (χ1n) is 15.5. The second-order valence-corrected chi connectivity index (χ2v) is 12.2. The summed E-state index contributed by atoms with van der Waals surface area (Å²) in [5.74, 6) is -1.13. The van der Waals surface area contributed by atoms with Crippen LogP contribution in [0.5, 0.6) is 0 Å². The van der Waals surface area contributed by atoms with Crippen LogP contribution in [-0.2, 0) is 42.8 Å². The number of methoxy groups -OCH3 is 2. The van der Waals surface area contributed by atoms with E-state index in [9.17, 15) is 55.2 Å². The summed E-state index contributed by atoms with van der Waals surface area (Å²) in [6.45, 7) is 2.04. The highest BCUT2D eigenvalue weighted by Gasteiger charge is 2.59. The van der Waals surface area contributed by atoms with Gasteiger partial charge < -0.3 is 96.1 Å². The molecule has 0 unspecified atom stereocenters. The first-order chi connectivity index (χ1) is 23.4. The van der Waals surface area contributed by atoms with Crippen LogP contribution < -0.4 is 21.7 Å². The minimum absolute atomic E-state index is 0.0114. The molecule has 0 aromatic rings. The first kappa shape index (κ1) is 43.9. The third-order valence-corrected chi connectivity index (χ3v) is 8.55. The molecular weight excluding hydrogens is 680 g/mol. The molecule has 4 saturated heterocycles. The molecule has 50 heavy (non-hydrogen) atoms. The maximum atomic E-state index is 11.0. The Morgan fingerprint density at radius 3 is 1.62 bits per heavy atom. The molecule has 0 aromatic carbocycles. The Hall–Kier alpha value is -2.23. The number of ether oxygens (including phenoxy) is 6. The van der Waals surface area contributed by atoms with Gasteiger partial charge in [-0.1, -0.05) is 0 Å². The van der Waals surface area contributed by atoms with Crippen molar-refractivity contribution in [3.63, 3.8) is 0 Å². The Labute approximate surface area is 287 Å². The maximum Gasteiger partial charge on any atom is 0.217 e. The van der Waals surface area contributed by atoms with E-state index in [1.165, 1.54) is 35.0 Å². The Balaban J connectivity index is 0.000000261. The zero-order valence-electron chi connectivity index (χ0n) is 28.3. The van der Waals surface area contributed by atoms with E-state index in [2.05, 4.69) is 16.0 Å². The Morgan fingerprint density at radius 2 is 1.18 bits per heavy atom. The number of nitrogens with two attached hydrogens (primary N) is 1. The summed E-state index contributed by atoms with van der Waals surface area (Å²) in [4.78, 5) is 32.9. The molecule has 22 nitrogen and oxygen atoms in total. The van der Waals surface area contributed by atoms with Gasteiger partial charge >= 0.3 is 0 Å². The third kappa shape index (κ3) is 9.80. The first-order valence-corrected chi connectivity index (χ1v) is 15.5. The number of carbonyl (C=O) groups is 3. The Morgan fingerprint density at radius 1 is 0.700 bits per heavy atom. The number of fused-ring (bicyclic) bond motifs is 2. The zero-order valence-corrected chi connectivity index (χ0v) is 28.3. The van der Waals surface area contributed by atoms with E-state index in [4.69, 9.17) is 39.3 Å². The van der Waals surface area contributed by atoms with Crippen molar-refractivity contribution < 1.29 is 88.8 Å². The average molecular weight is 733 g/mol. The smallest absolute Gasteiger partial charge is 0.217 e. The number of rotatable bonds is 9. The van der Waals surface area contributed by atoms with E-state index < -0.39 is 117 Å². The van der Waals surface area contributed by atoms with Crippen molar-refractivity contribution in [3.05, 3.63) is 0 Å². The van der Waals surface area contributed by atoms with Crippen molar-refractivity contribution >= 4 is 17.7 Å². The Bertz CT molecular complexity index is 1080. The summed E-state index contributed by atoms with van der Waals surface area (Å²) >= 11 is 0. The van der Waals surface area contributed by atoms with Crippen LogP contribution in [0.4, 0.5) is 0 Å². The summed E-state index contributed by atoms with van der Waals surface area (Å²) in [5, 5.41) is 93.9. The molecule has 0 saturated carbocycles. The largest absolute Gasteiger partial charge is 0.393 e. The van der Waals surface area contributed by atoms with Gasteiger partial charge in [0.15, 0.2) is 18.9 Å². The number of carbonyl (C=O) groups excluding carboxylic acids is 3. The molecule has 22 heteroatoms. The standard InChI is InChI=1S/C10H19NO7.C9H18N2O5.C9H15NO6/c1-5(14)11-6-7(15)8(16)10(3-12,4-13)18-9(6)17-2;1-4(12)11-6-8(14)7(13)5(3-10)16-9(6)15-2;1-4(12)10-5-6(13)7(14)9(2-11)3-15-8(5)16-9/h6-9,12-13,15-16H,3-4H2,1-2H3,(H,11,14);5-9,13-14H,3,10H2,1-2H3,(H,11,12);5-8,11,13-14H,2-3H2,1H3,(H,10,12)/t6-,7-,8-,9+;5-,6-,7+,8-,9+;5-,6-,7-,8+,9+/m111/s1. The van der Waals surface area contributed by atoms with Gasteiger partial charge in [0.1, 0.15) is 72.1 Å². The molecule has 14 N–H and O–H groups in total. The quantitative estimate of drug-likeness (QED) is 0.105. The van der Waals surface area contributed by atoms with Crippen molar-refractivity contribution in [3.8, 4) is 0 Å². The lowest BCUT2D eigenvalue weighted by atomic mass is 9.86. The molecule has 4 fully saturated rings. The van der Waals surface area contributed by atoms with Crippen molar-refractivity contribution in [1.29, 1.82) is 0 Å². The van der Waals surface area contributed by atoms with E-state index in [0.717, 1.165) is 0 Å². The van der Waals surface area contributed by atoms with Crippen LogP contribution >= 0.6 is 0 Å². The van der Waals surface area contributed by atoms with E-state index in [-0.39, 0.29) is 25.0 Å². The van der Waals surface area contributed by atoms with Gasteiger partial charge in [-0.05, 0) is 0 Å². The van der Waals surface area contributed by atoms with Crippen LogP contribution in [0.2, 0.25) is 0 Å². The van der Waals surface area contributed by atoms with E-state index in [1.807, 2.05) is 0 Å². The molecule has 2 bridgehead atoms. The van der Waals surface area contributed by atoms with Crippen LogP contribution in [0, 0.1) is 0 Å². The summed E-state index contributed by atoms with van der Waals surface area (Å²) in [6.07, 6.45) is -11.3. The number of aliphatic hydroxyl groups is 9. The number of hydrogen-bond donors (Lipinski definition) is 13. The number of hydrogen-bond acceptors (Lipinski definition) is 19. The summed E-state index contributed by atoms with van der Waals surface area (Å²) in [5.41, 5.74) is 2.37. The van der Waals surface area contributed by atoms with Crippen molar-refractivity contribution in [2.24, 2.45) is 5.73 Å². The molecular formula is C28H52N4O18. The molecule has 0 aliphatic carbocycles.